The second kappa shape index (κ2) is 7.09. The molecule has 0 aliphatic carbocycles. The third kappa shape index (κ3) is 4.69. The summed E-state index contributed by atoms with van der Waals surface area (Å²) in [5.74, 6) is -1.31. The van der Waals surface area contributed by atoms with Gasteiger partial charge in [-0.2, -0.15) is 0 Å². The van der Waals surface area contributed by atoms with Crippen LogP contribution in [0.3, 0.4) is 0 Å². The molecule has 8 heteroatoms. The average Bonchev–Trinajstić information content (AvgIpc) is 2.81. The fourth-order valence-corrected chi connectivity index (χ4v) is 2.13. The maximum atomic E-state index is 11.5. The first-order chi connectivity index (χ1) is 9.31. The SMILES string of the molecule is CC(C)C(NC(=O)OCc1csc(N(C)C)n1)C(=O)O. The van der Waals surface area contributed by atoms with Crippen LogP contribution in [0.25, 0.3) is 0 Å². The molecule has 1 heterocycles. The Bertz CT molecular complexity index is 473. The standard InChI is InChI=1S/C12H19N3O4S/c1-7(2)9(10(16)17)14-12(18)19-5-8-6-20-11(13-8)15(3)4/h6-7,9H,5H2,1-4H3,(H,14,18)(H,16,17). The lowest BCUT2D eigenvalue weighted by molar-refractivity contribution is -0.140. The number of hydrogen-bond donors (Lipinski definition) is 2. The van der Waals surface area contributed by atoms with E-state index < -0.39 is 18.1 Å². The molecular weight excluding hydrogens is 282 g/mol. The first-order valence-electron chi connectivity index (χ1n) is 6.09. The van der Waals surface area contributed by atoms with Gasteiger partial charge >= 0.3 is 12.1 Å². The van der Waals surface area contributed by atoms with Crippen molar-refractivity contribution in [3.63, 3.8) is 0 Å². The molecule has 1 atom stereocenters. The Hall–Kier alpha value is -1.83. The Morgan fingerprint density at radius 1 is 1.50 bits per heavy atom. The highest BCUT2D eigenvalue weighted by Crippen LogP contribution is 2.18. The molecule has 112 valence electrons. The van der Waals surface area contributed by atoms with Gasteiger partial charge in [0.2, 0.25) is 0 Å². The number of rotatable bonds is 6. The first-order valence-corrected chi connectivity index (χ1v) is 6.97. The summed E-state index contributed by atoms with van der Waals surface area (Å²) in [4.78, 5) is 28.6. The Balaban J connectivity index is 2.48. The molecule has 0 aliphatic heterocycles. The molecular formula is C12H19N3O4S. The predicted molar refractivity (Wildman–Crippen MR) is 76.0 cm³/mol. The van der Waals surface area contributed by atoms with Crippen molar-refractivity contribution in [3.8, 4) is 0 Å². The van der Waals surface area contributed by atoms with Crippen molar-refractivity contribution < 1.29 is 19.4 Å². The normalized spacial score (nSPS) is 12.1. The van der Waals surface area contributed by atoms with Crippen molar-refractivity contribution in [2.24, 2.45) is 5.92 Å². The third-order valence-electron chi connectivity index (χ3n) is 2.48. The van der Waals surface area contributed by atoms with E-state index in [9.17, 15) is 9.59 Å². The van der Waals surface area contributed by atoms with Gasteiger partial charge in [-0.05, 0) is 5.92 Å². The number of ether oxygens (including phenoxy) is 1. The highest BCUT2D eigenvalue weighted by atomic mass is 32.1. The third-order valence-corrected chi connectivity index (χ3v) is 3.54. The van der Waals surface area contributed by atoms with Gasteiger partial charge in [0, 0.05) is 19.5 Å². The lowest BCUT2D eigenvalue weighted by Gasteiger charge is -2.17. The van der Waals surface area contributed by atoms with Crippen molar-refractivity contribution in [2.45, 2.75) is 26.5 Å². The number of aromatic nitrogens is 1. The average molecular weight is 301 g/mol. The van der Waals surface area contributed by atoms with E-state index >= 15 is 0 Å². The van der Waals surface area contributed by atoms with Crippen LogP contribution in [0.15, 0.2) is 5.38 Å². The number of hydrogen-bond acceptors (Lipinski definition) is 6. The van der Waals surface area contributed by atoms with Crippen LogP contribution in [0.2, 0.25) is 0 Å². The number of anilines is 1. The summed E-state index contributed by atoms with van der Waals surface area (Å²) in [6.45, 7) is 3.44. The number of carbonyl (C=O) groups excluding carboxylic acids is 1. The molecule has 1 aromatic heterocycles. The van der Waals surface area contributed by atoms with Crippen LogP contribution in [0.4, 0.5) is 9.93 Å². The first kappa shape index (κ1) is 16.2. The highest BCUT2D eigenvalue weighted by Gasteiger charge is 2.24. The fraction of sp³-hybridized carbons (Fsp3) is 0.583. The molecule has 1 amide bonds. The summed E-state index contributed by atoms with van der Waals surface area (Å²) in [5.41, 5.74) is 0.630. The zero-order valence-electron chi connectivity index (χ0n) is 11.9. The number of aliphatic carboxylic acids is 1. The molecule has 7 nitrogen and oxygen atoms in total. The summed E-state index contributed by atoms with van der Waals surface area (Å²) in [6, 6.07) is -0.963. The van der Waals surface area contributed by atoms with Gasteiger partial charge in [0.05, 0.1) is 5.69 Å². The van der Waals surface area contributed by atoms with Gasteiger partial charge < -0.3 is 20.1 Å². The summed E-state index contributed by atoms with van der Waals surface area (Å²) >= 11 is 1.44. The number of nitrogens with one attached hydrogen (secondary N) is 1. The Morgan fingerprint density at radius 3 is 2.60 bits per heavy atom. The minimum absolute atomic E-state index is 0.0145. The molecule has 0 spiro atoms. The molecule has 20 heavy (non-hydrogen) atoms. The fourth-order valence-electron chi connectivity index (χ4n) is 1.39. The van der Waals surface area contributed by atoms with Crippen molar-refractivity contribution in [3.05, 3.63) is 11.1 Å². The maximum Gasteiger partial charge on any atom is 0.408 e. The van der Waals surface area contributed by atoms with E-state index in [2.05, 4.69) is 10.3 Å². The van der Waals surface area contributed by atoms with Gasteiger partial charge in [-0.15, -0.1) is 11.3 Å². The number of amides is 1. The van der Waals surface area contributed by atoms with E-state index in [-0.39, 0.29) is 12.5 Å². The van der Waals surface area contributed by atoms with Gasteiger partial charge in [0.1, 0.15) is 12.6 Å². The van der Waals surface area contributed by atoms with E-state index in [0.29, 0.717) is 5.69 Å². The summed E-state index contributed by atoms with van der Waals surface area (Å²) in [6.07, 6.45) is -0.759. The second-order valence-corrected chi connectivity index (χ2v) is 5.63. The van der Waals surface area contributed by atoms with E-state index in [0.717, 1.165) is 5.13 Å². The van der Waals surface area contributed by atoms with Crippen LogP contribution in [0.5, 0.6) is 0 Å². The zero-order chi connectivity index (χ0) is 15.3. The van der Waals surface area contributed by atoms with Gasteiger partial charge in [-0.1, -0.05) is 13.8 Å². The number of nitrogens with zero attached hydrogens (tertiary/aromatic N) is 2. The van der Waals surface area contributed by atoms with Gasteiger partial charge in [-0.25, -0.2) is 14.6 Å². The molecule has 0 aliphatic rings. The lowest BCUT2D eigenvalue weighted by atomic mass is 10.1. The minimum atomic E-state index is -1.08. The van der Waals surface area contributed by atoms with Crippen LogP contribution in [0, 0.1) is 5.92 Å². The number of carboxylic acid groups (broad SMARTS) is 1. The minimum Gasteiger partial charge on any atom is -0.480 e. The van der Waals surface area contributed by atoms with Crippen LogP contribution < -0.4 is 10.2 Å². The second-order valence-electron chi connectivity index (χ2n) is 4.80. The van der Waals surface area contributed by atoms with E-state index in [1.54, 1.807) is 19.2 Å². The van der Waals surface area contributed by atoms with Crippen molar-refractivity contribution in [2.75, 3.05) is 19.0 Å². The molecule has 0 fully saturated rings. The van der Waals surface area contributed by atoms with Gasteiger partial charge in [0.15, 0.2) is 5.13 Å². The molecule has 1 rings (SSSR count). The van der Waals surface area contributed by atoms with Crippen LogP contribution >= 0.6 is 11.3 Å². The van der Waals surface area contributed by atoms with E-state index in [4.69, 9.17) is 9.84 Å². The van der Waals surface area contributed by atoms with Crippen LogP contribution in [0.1, 0.15) is 19.5 Å². The number of carbonyl (C=O) groups is 2. The largest absolute Gasteiger partial charge is 0.480 e. The smallest absolute Gasteiger partial charge is 0.408 e. The molecule has 0 saturated heterocycles. The number of carboxylic acids is 1. The van der Waals surface area contributed by atoms with E-state index in [1.807, 2.05) is 19.0 Å². The Morgan fingerprint density at radius 2 is 2.15 bits per heavy atom. The summed E-state index contributed by atoms with van der Waals surface area (Å²) < 4.78 is 4.96. The molecule has 1 unspecified atom stereocenters. The molecule has 2 N–H and O–H groups in total. The summed E-state index contributed by atoms with van der Waals surface area (Å²) in [5, 5.41) is 13.9. The molecule has 0 aromatic carbocycles. The van der Waals surface area contributed by atoms with Gasteiger partial charge in [-0.3, -0.25) is 0 Å². The lowest BCUT2D eigenvalue weighted by Crippen LogP contribution is -2.44. The number of alkyl carbamates (subject to hydrolysis) is 1. The van der Waals surface area contributed by atoms with Crippen molar-refractivity contribution >= 4 is 28.5 Å². The van der Waals surface area contributed by atoms with Crippen LogP contribution in [-0.4, -0.2) is 42.3 Å². The molecule has 0 saturated carbocycles. The molecule has 0 radical (unpaired) electrons. The monoisotopic (exact) mass is 301 g/mol. The topological polar surface area (TPSA) is 91.8 Å². The maximum absolute atomic E-state index is 11.5. The van der Waals surface area contributed by atoms with Crippen molar-refractivity contribution in [1.82, 2.24) is 10.3 Å². The van der Waals surface area contributed by atoms with Crippen molar-refractivity contribution in [1.29, 1.82) is 0 Å². The quantitative estimate of drug-likeness (QED) is 0.828. The molecule has 1 aromatic rings. The summed E-state index contributed by atoms with van der Waals surface area (Å²) in [7, 11) is 3.74. The van der Waals surface area contributed by atoms with E-state index in [1.165, 1.54) is 11.3 Å². The zero-order valence-corrected chi connectivity index (χ0v) is 12.7. The Kier molecular flexibility index (Phi) is 5.75. The highest BCUT2D eigenvalue weighted by molar-refractivity contribution is 7.13. The number of thiazole rings is 1. The Labute approximate surface area is 121 Å². The van der Waals surface area contributed by atoms with Crippen LogP contribution in [-0.2, 0) is 16.1 Å². The van der Waals surface area contributed by atoms with Gasteiger partial charge in [0.25, 0.3) is 0 Å². The molecule has 0 bridgehead atoms. The predicted octanol–water partition coefficient (Wildman–Crippen LogP) is 1.54.